The first kappa shape index (κ1) is 17.5. The molecule has 16 heavy (non-hydrogen) atoms. The highest BCUT2D eigenvalue weighted by Crippen LogP contribution is 1.84. The summed E-state index contributed by atoms with van der Waals surface area (Å²) < 4.78 is 9.25. The quantitative estimate of drug-likeness (QED) is 0.465. The van der Waals surface area contributed by atoms with Gasteiger partial charge >= 0.3 is 5.97 Å². The monoisotopic (exact) mass is 254 g/mol. The van der Waals surface area contributed by atoms with Gasteiger partial charge in [-0.05, 0) is 6.92 Å². The number of carbonyl (C=O) groups excluding carboxylic acids is 2. The molecule has 2 N–H and O–H groups in total. The van der Waals surface area contributed by atoms with Crippen molar-refractivity contribution in [3.05, 3.63) is 0 Å². The number of nitrogens with one attached hydrogen (secondary N) is 2. The van der Waals surface area contributed by atoms with E-state index in [1.165, 1.54) is 7.11 Å². The minimum atomic E-state index is -0.619. The topological polar surface area (TPSA) is 76.7 Å². The van der Waals surface area contributed by atoms with Gasteiger partial charge in [-0.25, -0.2) is 4.79 Å². The van der Waals surface area contributed by atoms with Crippen LogP contribution in [0.2, 0.25) is 0 Å². The summed E-state index contributed by atoms with van der Waals surface area (Å²) >= 11 is 0. The SMILES string of the molecule is COCCNCC(=O)N[C@H](C)C(=O)OC.Cl. The van der Waals surface area contributed by atoms with Gasteiger partial charge in [0.25, 0.3) is 0 Å². The van der Waals surface area contributed by atoms with Gasteiger partial charge in [-0.3, -0.25) is 4.79 Å². The molecule has 0 aliphatic heterocycles. The molecule has 0 aromatic carbocycles. The maximum atomic E-state index is 11.2. The molecule has 0 saturated heterocycles. The molecule has 0 unspecified atom stereocenters. The molecule has 6 nitrogen and oxygen atoms in total. The third-order valence-electron chi connectivity index (χ3n) is 1.70. The number of hydrogen-bond acceptors (Lipinski definition) is 5. The number of ether oxygens (including phenoxy) is 2. The second kappa shape index (κ2) is 10.7. The van der Waals surface area contributed by atoms with Gasteiger partial charge in [0.15, 0.2) is 0 Å². The van der Waals surface area contributed by atoms with E-state index >= 15 is 0 Å². The Kier molecular flexibility index (Phi) is 11.7. The van der Waals surface area contributed by atoms with Gasteiger partial charge in [0.05, 0.1) is 20.3 Å². The van der Waals surface area contributed by atoms with E-state index in [4.69, 9.17) is 4.74 Å². The highest BCUT2D eigenvalue weighted by molar-refractivity contribution is 5.85. The Labute approximate surface area is 101 Å². The maximum Gasteiger partial charge on any atom is 0.328 e. The molecule has 0 bridgehead atoms. The Morgan fingerprint density at radius 2 is 1.94 bits per heavy atom. The van der Waals surface area contributed by atoms with E-state index in [0.29, 0.717) is 13.2 Å². The van der Waals surface area contributed by atoms with Gasteiger partial charge < -0.3 is 20.1 Å². The molecule has 0 aromatic rings. The van der Waals surface area contributed by atoms with Crippen LogP contribution in [-0.2, 0) is 19.1 Å². The second-order valence-corrected chi connectivity index (χ2v) is 2.98. The summed E-state index contributed by atoms with van der Waals surface area (Å²) in [5.41, 5.74) is 0. The predicted molar refractivity (Wildman–Crippen MR) is 61.6 cm³/mol. The number of methoxy groups -OCH3 is 2. The third-order valence-corrected chi connectivity index (χ3v) is 1.70. The molecule has 0 aliphatic rings. The lowest BCUT2D eigenvalue weighted by molar-refractivity contribution is -0.144. The van der Waals surface area contributed by atoms with Crippen LogP contribution in [-0.4, -0.2) is 51.8 Å². The van der Waals surface area contributed by atoms with E-state index in [1.807, 2.05) is 0 Å². The van der Waals surface area contributed by atoms with Crippen LogP contribution in [0.1, 0.15) is 6.92 Å². The van der Waals surface area contributed by atoms with Gasteiger partial charge in [0, 0.05) is 13.7 Å². The first-order valence-electron chi connectivity index (χ1n) is 4.68. The van der Waals surface area contributed by atoms with Gasteiger partial charge in [-0.1, -0.05) is 0 Å². The molecule has 0 rings (SSSR count). The first-order chi connectivity index (χ1) is 7.11. The Bertz CT molecular complexity index is 214. The van der Waals surface area contributed by atoms with Crippen LogP contribution >= 0.6 is 12.4 Å². The molecule has 0 fully saturated rings. The molecule has 1 atom stereocenters. The Hall–Kier alpha value is -0.850. The van der Waals surface area contributed by atoms with E-state index in [9.17, 15) is 9.59 Å². The highest BCUT2D eigenvalue weighted by Gasteiger charge is 2.14. The highest BCUT2D eigenvalue weighted by atomic mass is 35.5. The van der Waals surface area contributed by atoms with Crippen LogP contribution in [0.5, 0.6) is 0 Å². The lowest BCUT2D eigenvalue weighted by Gasteiger charge is -2.11. The van der Waals surface area contributed by atoms with Gasteiger partial charge in [0.2, 0.25) is 5.91 Å². The van der Waals surface area contributed by atoms with Crippen molar-refractivity contribution >= 4 is 24.3 Å². The van der Waals surface area contributed by atoms with Crippen LogP contribution in [0.4, 0.5) is 0 Å². The summed E-state index contributed by atoms with van der Waals surface area (Å²) in [6.07, 6.45) is 0. The number of rotatable bonds is 7. The van der Waals surface area contributed by atoms with E-state index < -0.39 is 12.0 Å². The number of amides is 1. The molecule has 7 heteroatoms. The third kappa shape index (κ3) is 8.46. The number of hydrogen-bond donors (Lipinski definition) is 2. The first-order valence-corrected chi connectivity index (χ1v) is 4.68. The second-order valence-electron chi connectivity index (χ2n) is 2.98. The standard InChI is InChI=1S/C9H18N2O4.ClH/c1-7(9(13)15-3)11-8(12)6-10-4-5-14-2;/h7,10H,4-6H2,1-3H3,(H,11,12);1H/t7-;/m1./s1. The van der Waals surface area contributed by atoms with E-state index in [0.717, 1.165) is 0 Å². The summed E-state index contributed by atoms with van der Waals surface area (Å²) in [5.74, 6) is -0.704. The predicted octanol–water partition coefficient (Wildman–Crippen LogP) is -0.678. The van der Waals surface area contributed by atoms with Crippen molar-refractivity contribution in [3.8, 4) is 0 Å². The van der Waals surface area contributed by atoms with E-state index in [1.54, 1.807) is 14.0 Å². The summed E-state index contributed by atoms with van der Waals surface area (Å²) in [4.78, 5) is 22.2. The molecule has 1 amide bonds. The molecule has 96 valence electrons. The molecule has 0 aliphatic carbocycles. The Morgan fingerprint density at radius 1 is 1.31 bits per heavy atom. The largest absolute Gasteiger partial charge is 0.467 e. The minimum Gasteiger partial charge on any atom is -0.467 e. The van der Waals surface area contributed by atoms with Crippen molar-refractivity contribution in [2.75, 3.05) is 33.9 Å². The van der Waals surface area contributed by atoms with Gasteiger partial charge in [-0.2, -0.15) is 0 Å². The fourth-order valence-corrected chi connectivity index (χ4v) is 0.904. The fraction of sp³-hybridized carbons (Fsp3) is 0.778. The van der Waals surface area contributed by atoms with Crippen molar-refractivity contribution in [2.24, 2.45) is 0 Å². The van der Waals surface area contributed by atoms with Crippen LogP contribution in [0, 0.1) is 0 Å². The van der Waals surface area contributed by atoms with Gasteiger partial charge in [-0.15, -0.1) is 12.4 Å². The number of esters is 1. The lowest BCUT2D eigenvalue weighted by Crippen LogP contribution is -2.43. The number of carbonyl (C=O) groups is 2. The molecule has 0 aromatic heterocycles. The average molecular weight is 255 g/mol. The smallest absolute Gasteiger partial charge is 0.328 e. The maximum absolute atomic E-state index is 11.2. The zero-order valence-electron chi connectivity index (χ0n) is 9.74. The summed E-state index contributed by atoms with van der Waals surface area (Å²) in [6, 6.07) is -0.619. The van der Waals surface area contributed by atoms with Crippen LogP contribution in [0.3, 0.4) is 0 Å². The van der Waals surface area contributed by atoms with Crippen LogP contribution in [0.15, 0.2) is 0 Å². The molecule has 0 heterocycles. The molecular weight excluding hydrogens is 236 g/mol. The molecule has 0 saturated carbocycles. The van der Waals surface area contributed by atoms with Crippen molar-refractivity contribution in [1.82, 2.24) is 10.6 Å². The average Bonchev–Trinajstić information content (AvgIpc) is 2.23. The Balaban J connectivity index is 0. The summed E-state index contributed by atoms with van der Waals surface area (Å²) in [7, 11) is 2.86. The van der Waals surface area contributed by atoms with E-state index in [2.05, 4.69) is 15.4 Å². The van der Waals surface area contributed by atoms with Crippen molar-refractivity contribution in [2.45, 2.75) is 13.0 Å². The molecule has 0 spiro atoms. The van der Waals surface area contributed by atoms with Crippen molar-refractivity contribution < 1.29 is 19.1 Å². The van der Waals surface area contributed by atoms with Crippen molar-refractivity contribution in [3.63, 3.8) is 0 Å². The normalized spacial score (nSPS) is 11.2. The van der Waals surface area contributed by atoms with Crippen LogP contribution in [0.25, 0.3) is 0 Å². The van der Waals surface area contributed by atoms with E-state index in [-0.39, 0.29) is 24.9 Å². The molecular formula is C9H19ClN2O4. The van der Waals surface area contributed by atoms with Crippen LogP contribution < -0.4 is 10.6 Å². The zero-order valence-corrected chi connectivity index (χ0v) is 10.6. The fourth-order valence-electron chi connectivity index (χ4n) is 0.904. The summed E-state index contributed by atoms with van der Waals surface area (Å²) in [5, 5.41) is 5.35. The minimum absolute atomic E-state index is 0. The zero-order chi connectivity index (χ0) is 11.7. The molecule has 0 radical (unpaired) electrons. The van der Waals surface area contributed by atoms with Crippen molar-refractivity contribution in [1.29, 1.82) is 0 Å². The van der Waals surface area contributed by atoms with Gasteiger partial charge in [0.1, 0.15) is 6.04 Å². The number of halogens is 1. The Morgan fingerprint density at radius 3 is 2.44 bits per heavy atom. The lowest BCUT2D eigenvalue weighted by atomic mass is 10.3. The summed E-state index contributed by atoms with van der Waals surface area (Å²) in [6.45, 7) is 2.86.